The molecule has 0 unspecified atom stereocenters. The van der Waals surface area contributed by atoms with Crippen molar-refractivity contribution in [2.24, 2.45) is 5.10 Å². The minimum absolute atomic E-state index is 0.242. The fourth-order valence-electron chi connectivity index (χ4n) is 3.69. The van der Waals surface area contributed by atoms with Crippen molar-refractivity contribution in [3.8, 4) is 11.5 Å². The third-order valence-corrected chi connectivity index (χ3v) is 5.75. The largest absolute Gasteiger partial charge is 0.490 e. The third-order valence-electron chi connectivity index (χ3n) is 5.26. The van der Waals surface area contributed by atoms with Crippen LogP contribution in [-0.4, -0.2) is 41.7 Å². The molecular weight excluding hydrogens is 538 g/mol. The molecule has 0 aliphatic rings. The number of benzene rings is 2. The standard InChI is InChI=1S/C28H32BrN3O5/c1-7-10-19-13-18(14-23(35-8-2)25(19)37-17-24(33)36-9-3)16-30-32-26(34)21-15-20(29)11-12-22(21)31-27(32)28(4,5)6/h7,11-16H,1,8-10,17H2,2-6H3. The SMILES string of the molecule is C=CCc1cc(C=Nn2c(C(C)(C)C)nc3ccc(Br)cc3c2=O)cc(OCC)c1OCC(=O)OCC. The van der Waals surface area contributed by atoms with Gasteiger partial charge in [0.05, 0.1) is 30.3 Å². The second-order valence-electron chi connectivity index (χ2n) is 9.24. The zero-order chi connectivity index (χ0) is 27.2. The van der Waals surface area contributed by atoms with E-state index < -0.39 is 11.4 Å². The number of halogens is 1. The number of nitrogens with zero attached hydrogens (tertiary/aromatic N) is 3. The van der Waals surface area contributed by atoms with Gasteiger partial charge in [-0.1, -0.05) is 42.8 Å². The molecule has 0 amide bonds. The number of aromatic nitrogens is 2. The van der Waals surface area contributed by atoms with E-state index in [0.717, 1.165) is 10.0 Å². The zero-order valence-corrected chi connectivity index (χ0v) is 23.4. The Kier molecular flexibility index (Phi) is 9.26. The van der Waals surface area contributed by atoms with Crippen molar-refractivity contribution in [1.82, 2.24) is 9.66 Å². The summed E-state index contributed by atoms with van der Waals surface area (Å²) in [6.07, 6.45) is 3.79. The molecule has 0 saturated heterocycles. The second-order valence-corrected chi connectivity index (χ2v) is 10.2. The molecule has 3 rings (SSSR count). The van der Waals surface area contributed by atoms with Gasteiger partial charge in [0.25, 0.3) is 5.56 Å². The van der Waals surface area contributed by atoms with Crippen LogP contribution in [-0.2, 0) is 21.4 Å². The number of allylic oxidation sites excluding steroid dienone is 1. The van der Waals surface area contributed by atoms with Gasteiger partial charge in [0.2, 0.25) is 0 Å². The Balaban J connectivity index is 2.12. The zero-order valence-electron chi connectivity index (χ0n) is 21.8. The average molecular weight is 570 g/mol. The fourth-order valence-corrected chi connectivity index (χ4v) is 4.05. The molecule has 1 aromatic heterocycles. The number of rotatable bonds is 10. The van der Waals surface area contributed by atoms with Gasteiger partial charge in [0.15, 0.2) is 18.1 Å². The number of esters is 1. The fraction of sp³-hybridized carbons (Fsp3) is 0.357. The van der Waals surface area contributed by atoms with Gasteiger partial charge < -0.3 is 14.2 Å². The van der Waals surface area contributed by atoms with E-state index in [1.54, 1.807) is 31.3 Å². The normalized spacial score (nSPS) is 11.6. The van der Waals surface area contributed by atoms with E-state index in [0.29, 0.717) is 46.8 Å². The monoisotopic (exact) mass is 569 g/mol. The van der Waals surface area contributed by atoms with Gasteiger partial charge in [0, 0.05) is 15.5 Å². The maximum atomic E-state index is 13.5. The Hall–Kier alpha value is -3.46. The van der Waals surface area contributed by atoms with Crippen LogP contribution in [0.2, 0.25) is 0 Å². The molecule has 9 heteroatoms. The molecule has 0 fully saturated rings. The average Bonchev–Trinajstić information content (AvgIpc) is 2.83. The van der Waals surface area contributed by atoms with Crippen molar-refractivity contribution in [2.45, 2.75) is 46.5 Å². The number of hydrogen-bond acceptors (Lipinski definition) is 7. The first-order chi connectivity index (χ1) is 17.6. The predicted molar refractivity (Wildman–Crippen MR) is 149 cm³/mol. The summed E-state index contributed by atoms with van der Waals surface area (Å²) in [7, 11) is 0. The highest BCUT2D eigenvalue weighted by Gasteiger charge is 2.23. The van der Waals surface area contributed by atoms with E-state index in [2.05, 4.69) is 27.6 Å². The number of carbonyl (C=O) groups is 1. The van der Waals surface area contributed by atoms with Crippen LogP contribution in [0.15, 0.2) is 57.4 Å². The minimum atomic E-state index is -0.468. The number of fused-ring (bicyclic) bond motifs is 1. The highest BCUT2D eigenvalue weighted by molar-refractivity contribution is 9.10. The molecule has 1 heterocycles. The molecule has 0 atom stereocenters. The smallest absolute Gasteiger partial charge is 0.344 e. The van der Waals surface area contributed by atoms with E-state index >= 15 is 0 Å². The summed E-state index contributed by atoms with van der Waals surface area (Å²) in [6, 6.07) is 9.04. The third kappa shape index (κ3) is 6.85. The van der Waals surface area contributed by atoms with Crippen molar-refractivity contribution in [1.29, 1.82) is 0 Å². The van der Waals surface area contributed by atoms with Gasteiger partial charge in [-0.25, -0.2) is 9.78 Å². The van der Waals surface area contributed by atoms with Gasteiger partial charge in [-0.2, -0.15) is 9.78 Å². The topological polar surface area (TPSA) is 92.0 Å². The highest BCUT2D eigenvalue weighted by Crippen LogP contribution is 2.34. The summed E-state index contributed by atoms with van der Waals surface area (Å²) in [4.78, 5) is 30.1. The summed E-state index contributed by atoms with van der Waals surface area (Å²) < 4.78 is 18.7. The van der Waals surface area contributed by atoms with Gasteiger partial charge in [-0.3, -0.25) is 4.79 Å². The minimum Gasteiger partial charge on any atom is -0.490 e. The Morgan fingerprint density at radius 2 is 1.92 bits per heavy atom. The van der Waals surface area contributed by atoms with Crippen LogP contribution < -0.4 is 15.0 Å². The van der Waals surface area contributed by atoms with Crippen molar-refractivity contribution < 1.29 is 19.0 Å². The van der Waals surface area contributed by atoms with Crippen LogP contribution in [0.5, 0.6) is 11.5 Å². The van der Waals surface area contributed by atoms with Crippen LogP contribution in [0.1, 0.15) is 51.6 Å². The highest BCUT2D eigenvalue weighted by atomic mass is 79.9. The predicted octanol–water partition coefficient (Wildman–Crippen LogP) is 5.41. The van der Waals surface area contributed by atoms with Crippen LogP contribution >= 0.6 is 15.9 Å². The molecule has 8 nitrogen and oxygen atoms in total. The van der Waals surface area contributed by atoms with E-state index in [1.807, 2.05) is 45.9 Å². The summed E-state index contributed by atoms with van der Waals surface area (Å²) in [6.45, 7) is 13.8. The van der Waals surface area contributed by atoms with Crippen molar-refractivity contribution in [3.63, 3.8) is 0 Å². The molecule has 0 spiro atoms. The second kappa shape index (κ2) is 12.2. The molecule has 0 bridgehead atoms. The molecule has 3 aromatic rings. The van der Waals surface area contributed by atoms with Crippen molar-refractivity contribution in [3.05, 3.63) is 74.8 Å². The molecule has 0 aliphatic carbocycles. The van der Waals surface area contributed by atoms with Gasteiger partial charge in [-0.15, -0.1) is 6.58 Å². The Bertz CT molecular complexity index is 1390. The van der Waals surface area contributed by atoms with E-state index in [1.165, 1.54) is 4.68 Å². The maximum Gasteiger partial charge on any atom is 0.344 e. The van der Waals surface area contributed by atoms with Crippen LogP contribution in [0.25, 0.3) is 10.9 Å². The lowest BCUT2D eigenvalue weighted by Crippen LogP contribution is -2.29. The Morgan fingerprint density at radius 1 is 1.16 bits per heavy atom. The molecule has 0 radical (unpaired) electrons. The van der Waals surface area contributed by atoms with Crippen LogP contribution in [0.4, 0.5) is 0 Å². The molecule has 0 N–H and O–H groups in total. The lowest BCUT2D eigenvalue weighted by molar-refractivity contribution is -0.145. The van der Waals surface area contributed by atoms with Crippen molar-refractivity contribution in [2.75, 3.05) is 19.8 Å². The summed E-state index contributed by atoms with van der Waals surface area (Å²) in [5.41, 5.74) is 1.35. The van der Waals surface area contributed by atoms with Gasteiger partial charge in [-0.05, 0) is 56.2 Å². The quantitative estimate of drug-likeness (QED) is 0.184. The first-order valence-corrected chi connectivity index (χ1v) is 12.8. The molecule has 196 valence electrons. The Labute approximate surface area is 225 Å². The molecule has 2 aromatic carbocycles. The summed E-state index contributed by atoms with van der Waals surface area (Å²) in [5, 5.41) is 5.02. The van der Waals surface area contributed by atoms with E-state index in [4.69, 9.17) is 19.2 Å². The number of ether oxygens (including phenoxy) is 3. The Morgan fingerprint density at radius 3 is 2.57 bits per heavy atom. The van der Waals surface area contributed by atoms with Gasteiger partial charge >= 0.3 is 5.97 Å². The molecule has 0 aliphatic heterocycles. The van der Waals surface area contributed by atoms with Crippen LogP contribution in [0.3, 0.4) is 0 Å². The van der Waals surface area contributed by atoms with E-state index in [-0.39, 0.29) is 18.8 Å². The van der Waals surface area contributed by atoms with E-state index in [9.17, 15) is 9.59 Å². The number of hydrogen-bond donors (Lipinski definition) is 0. The molecular formula is C28H32BrN3O5. The first-order valence-electron chi connectivity index (χ1n) is 12.0. The van der Waals surface area contributed by atoms with Gasteiger partial charge in [0.1, 0.15) is 5.82 Å². The molecule has 0 saturated carbocycles. The number of carbonyl (C=O) groups excluding carboxylic acids is 1. The maximum absolute atomic E-state index is 13.5. The lowest BCUT2D eigenvalue weighted by Gasteiger charge is -2.21. The summed E-state index contributed by atoms with van der Waals surface area (Å²) >= 11 is 3.43. The van der Waals surface area contributed by atoms with Crippen molar-refractivity contribution >= 4 is 39.0 Å². The molecule has 37 heavy (non-hydrogen) atoms. The first kappa shape index (κ1) is 28.1. The summed E-state index contributed by atoms with van der Waals surface area (Å²) in [5.74, 6) is 0.965. The van der Waals surface area contributed by atoms with Crippen LogP contribution in [0, 0.1) is 0 Å². The lowest BCUT2D eigenvalue weighted by atomic mass is 9.95.